The van der Waals surface area contributed by atoms with Crippen LogP contribution in [0.5, 0.6) is 0 Å². The molecule has 0 aromatic heterocycles. The predicted octanol–water partition coefficient (Wildman–Crippen LogP) is 3.87. The molecule has 0 aliphatic carbocycles. The largest absolute Gasteiger partial charge is 0.239 e. The molecule has 0 saturated heterocycles. The Morgan fingerprint density at radius 1 is 1.36 bits per heavy atom. The first-order chi connectivity index (χ1) is 5.10. The van der Waals surface area contributed by atoms with Gasteiger partial charge in [-0.05, 0) is 24.8 Å². The topological polar surface area (TPSA) is 0 Å². The van der Waals surface area contributed by atoms with Crippen LogP contribution >= 0.6 is 0 Å². The minimum absolute atomic E-state index is 0.563. The van der Waals surface area contributed by atoms with E-state index in [4.69, 9.17) is 0 Å². The van der Waals surface area contributed by atoms with Gasteiger partial charge in [0.2, 0.25) is 0 Å². The smallest absolute Gasteiger partial charge is 0.131 e. The van der Waals surface area contributed by atoms with Crippen LogP contribution in [-0.4, -0.2) is 5.67 Å². The van der Waals surface area contributed by atoms with Gasteiger partial charge in [0.25, 0.3) is 0 Å². The Balaban J connectivity index is 4.19. The second-order valence-corrected chi connectivity index (χ2v) is 3.03. The summed E-state index contributed by atoms with van der Waals surface area (Å²) in [6, 6.07) is 0. The summed E-state index contributed by atoms with van der Waals surface area (Å²) in [4.78, 5) is 0. The maximum atomic E-state index is 13.8. The maximum absolute atomic E-state index is 13.8. The normalized spacial score (nSPS) is 16.0. The number of rotatable bonds is 5. The van der Waals surface area contributed by atoms with E-state index in [1.807, 2.05) is 20.8 Å². The quantitative estimate of drug-likeness (QED) is 0.533. The molecule has 0 nitrogen and oxygen atoms in total. The summed E-state index contributed by atoms with van der Waals surface area (Å²) < 4.78 is 13.8. The second-order valence-electron chi connectivity index (χ2n) is 3.03. The standard InChI is InChI=1S/C10H19F/c1-5-8-10(11,7-3)9(4)6-2/h4-8H2,1-3H3. The van der Waals surface area contributed by atoms with E-state index in [9.17, 15) is 4.39 Å². The molecule has 0 aromatic rings. The van der Waals surface area contributed by atoms with Gasteiger partial charge in [0, 0.05) is 0 Å². The number of hydrogen-bond donors (Lipinski definition) is 0. The zero-order chi connectivity index (χ0) is 8.91. The van der Waals surface area contributed by atoms with Gasteiger partial charge >= 0.3 is 0 Å². The molecule has 1 unspecified atom stereocenters. The zero-order valence-electron chi connectivity index (χ0n) is 7.91. The second kappa shape index (κ2) is 4.53. The number of halogens is 1. The van der Waals surface area contributed by atoms with Crippen molar-refractivity contribution in [1.82, 2.24) is 0 Å². The van der Waals surface area contributed by atoms with E-state index in [1.165, 1.54) is 0 Å². The fourth-order valence-electron chi connectivity index (χ4n) is 1.32. The lowest BCUT2D eigenvalue weighted by atomic mass is 9.88. The molecule has 0 aliphatic rings. The Kier molecular flexibility index (Phi) is 4.39. The number of alkyl halides is 1. The van der Waals surface area contributed by atoms with Crippen LogP contribution in [0.3, 0.4) is 0 Å². The third-order valence-electron chi connectivity index (χ3n) is 2.27. The molecular formula is C10H19F. The van der Waals surface area contributed by atoms with Crippen molar-refractivity contribution in [2.75, 3.05) is 0 Å². The molecule has 0 radical (unpaired) electrons. The fraction of sp³-hybridized carbons (Fsp3) is 0.800. The van der Waals surface area contributed by atoms with E-state index in [2.05, 4.69) is 6.58 Å². The van der Waals surface area contributed by atoms with Gasteiger partial charge in [0.15, 0.2) is 0 Å². The minimum Gasteiger partial charge on any atom is -0.239 e. The Morgan fingerprint density at radius 2 is 1.91 bits per heavy atom. The van der Waals surface area contributed by atoms with Crippen LogP contribution in [0.25, 0.3) is 0 Å². The zero-order valence-corrected chi connectivity index (χ0v) is 7.91. The molecule has 0 N–H and O–H groups in total. The third-order valence-corrected chi connectivity index (χ3v) is 2.27. The van der Waals surface area contributed by atoms with Crippen LogP contribution in [0.4, 0.5) is 4.39 Å². The summed E-state index contributed by atoms with van der Waals surface area (Å²) in [5.74, 6) is 0. The van der Waals surface area contributed by atoms with Gasteiger partial charge in [-0.15, -0.1) is 0 Å². The first-order valence-electron chi connectivity index (χ1n) is 4.47. The molecule has 11 heavy (non-hydrogen) atoms. The van der Waals surface area contributed by atoms with Gasteiger partial charge in [-0.25, -0.2) is 4.39 Å². The van der Waals surface area contributed by atoms with Crippen molar-refractivity contribution >= 4 is 0 Å². The number of hydrogen-bond acceptors (Lipinski definition) is 0. The van der Waals surface area contributed by atoms with E-state index in [0.717, 1.165) is 18.4 Å². The van der Waals surface area contributed by atoms with Crippen LogP contribution in [0.1, 0.15) is 46.5 Å². The highest BCUT2D eigenvalue weighted by Gasteiger charge is 2.28. The average Bonchev–Trinajstić information content (AvgIpc) is 2.03. The molecule has 0 rings (SSSR count). The van der Waals surface area contributed by atoms with E-state index in [1.54, 1.807) is 0 Å². The van der Waals surface area contributed by atoms with Gasteiger partial charge < -0.3 is 0 Å². The molecule has 1 atom stereocenters. The highest BCUT2D eigenvalue weighted by molar-refractivity contribution is 5.11. The number of allylic oxidation sites excluding steroid dienone is 1. The van der Waals surface area contributed by atoms with Crippen LogP contribution in [0, 0.1) is 0 Å². The summed E-state index contributed by atoms with van der Waals surface area (Å²) in [6.07, 6.45) is 2.83. The van der Waals surface area contributed by atoms with Gasteiger partial charge in [0.1, 0.15) is 5.67 Å². The van der Waals surface area contributed by atoms with Crippen molar-refractivity contribution in [2.24, 2.45) is 0 Å². The summed E-state index contributed by atoms with van der Waals surface area (Å²) in [6.45, 7) is 9.61. The van der Waals surface area contributed by atoms with E-state index in [-0.39, 0.29) is 0 Å². The molecular weight excluding hydrogens is 139 g/mol. The Hall–Kier alpha value is -0.330. The fourth-order valence-corrected chi connectivity index (χ4v) is 1.32. The summed E-state index contributed by atoms with van der Waals surface area (Å²) in [5.41, 5.74) is -0.342. The Labute approximate surface area is 69.5 Å². The molecule has 0 saturated carbocycles. The predicted molar refractivity (Wildman–Crippen MR) is 48.5 cm³/mol. The summed E-state index contributed by atoms with van der Waals surface area (Å²) in [7, 11) is 0. The molecule has 0 heterocycles. The van der Waals surface area contributed by atoms with Gasteiger partial charge in [0.05, 0.1) is 0 Å². The molecule has 0 aromatic carbocycles. The van der Waals surface area contributed by atoms with Gasteiger partial charge in [-0.3, -0.25) is 0 Å². The van der Waals surface area contributed by atoms with Crippen molar-refractivity contribution in [2.45, 2.75) is 52.1 Å². The Bertz CT molecular complexity index is 129. The Morgan fingerprint density at radius 3 is 2.18 bits per heavy atom. The third kappa shape index (κ3) is 2.64. The molecule has 0 bridgehead atoms. The first-order valence-corrected chi connectivity index (χ1v) is 4.47. The molecule has 1 heteroatoms. The lowest BCUT2D eigenvalue weighted by Gasteiger charge is -2.25. The SMILES string of the molecule is C=C(CC)C(F)(CC)CCC. The first kappa shape index (κ1) is 10.7. The summed E-state index contributed by atoms with van der Waals surface area (Å²) in [5, 5.41) is 0. The van der Waals surface area contributed by atoms with Crippen LogP contribution in [-0.2, 0) is 0 Å². The highest BCUT2D eigenvalue weighted by Crippen LogP contribution is 2.31. The monoisotopic (exact) mass is 158 g/mol. The van der Waals surface area contributed by atoms with Crippen LogP contribution in [0.15, 0.2) is 12.2 Å². The van der Waals surface area contributed by atoms with Crippen molar-refractivity contribution in [3.8, 4) is 0 Å². The molecule has 0 aliphatic heterocycles. The van der Waals surface area contributed by atoms with Gasteiger partial charge in [-0.1, -0.05) is 33.8 Å². The molecule has 0 spiro atoms. The van der Waals surface area contributed by atoms with E-state index in [0.29, 0.717) is 12.8 Å². The molecule has 66 valence electrons. The summed E-state index contributed by atoms with van der Waals surface area (Å²) >= 11 is 0. The van der Waals surface area contributed by atoms with Crippen molar-refractivity contribution in [3.05, 3.63) is 12.2 Å². The maximum Gasteiger partial charge on any atom is 0.131 e. The van der Waals surface area contributed by atoms with Crippen molar-refractivity contribution < 1.29 is 4.39 Å². The van der Waals surface area contributed by atoms with E-state index < -0.39 is 5.67 Å². The van der Waals surface area contributed by atoms with Gasteiger partial charge in [-0.2, -0.15) is 0 Å². The molecule has 0 amide bonds. The van der Waals surface area contributed by atoms with E-state index >= 15 is 0 Å². The molecule has 0 fully saturated rings. The van der Waals surface area contributed by atoms with Crippen molar-refractivity contribution in [3.63, 3.8) is 0 Å². The van der Waals surface area contributed by atoms with Crippen LogP contribution in [0.2, 0.25) is 0 Å². The minimum atomic E-state index is -1.09. The van der Waals surface area contributed by atoms with Crippen molar-refractivity contribution in [1.29, 1.82) is 0 Å². The average molecular weight is 158 g/mol. The lowest BCUT2D eigenvalue weighted by Crippen LogP contribution is -2.23. The van der Waals surface area contributed by atoms with Crippen LogP contribution < -0.4 is 0 Å². The lowest BCUT2D eigenvalue weighted by molar-refractivity contribution is 0.185. The highest BCUT2D eigenvalue weighted by atomic mass is 19.1.